The van der Waals surface area contributed by atoms with E-state index in [0.29, 0.717) is 18.1 Å². The molecule has 1 aliphatic rings. The van der Waals surface area contributed by atoms with E-state index in [0.717, 1.165) is 36.7 Å². The number of ether oxygens (including phenoxy) is 1. The quantitative estimate of drug-likeness (QED) is 0.883. The van der Waals surface area contributed by atoms with Crippen molar-refractivity contribution in [3.05, 3.63) is 48.0 Å². The van der Waals surface area contributed by atoms with Gasteiger partial charge in [-0.05, 0) is 48.7 Å². The summed E-state index contributed by atoms with van der Waals surface area (Å²) in [6, 6.07) is 13.7. The van der Waals surface area contributed by atoms with Crippen molar-refractivity contribution in [2.75, 3.05) is 19.7 Å². The van der Waals surface area contributed by atoms with Crippen molar-refractivity contribution in [2.24, 2.45) is 5.92 Å². The van der Waals surface area contributed by atoms with E-state index in [1.807, 2.05) is 42.5 Å². The smallest absolute Gasteiger partial charge is 0.338 e. The van der Waals surface area contributed by atoms with Gasteiger partial charge in [-0.3, -0.25) is 0 Å². The number of rotatable bonds is 3. The highest BCUT2D eigenvalue weighted by molar-refractivity contribution is 6.04. The van der Waals surface area contributed by atoms with Crippen molar-refractivity contribution in [2.45, 2.75) is 12.8 Å². The Kier molecular flexibility index (Phi) is 5.59. The van der Waals surface area contributed by atoms with Crippen molar-refractivity contribution < 1.29 is 9.53 Å². The fourth-order valence-electron chi connectivity index (χ4n) is 2.72. The molecule has 0 radical (unpaired) electrons. The highest BCUT2D eigenvalue weighted by Crippen LogP contribution is 2.20. The van der Waals surface area contributed by atoms with Gasteiger partial charge in [-0.25, -0.2) is 4.79 Å². The third-order valence-electron chi connectivity index (χ3n) is 3.92. The number of nitrogens with one attached hydrogen (secondary N) is 1. The van der Waals surface area contributed by atoms with E-state index in [2.05, 4.69) is 5.32 Å². The first kappa shape index (κ1) is 15.8. The molecule has 1 heterocycles. The summed E-state index contributed by atoms with van der Waals surface area (Å²) in [5, 5.41) is 5.35. The lowest BCUT2D eigenvalue weighted by Gasteiger charge is -2.22. The van der Waals surface area contributed by atoms with Gasteiger partial charge in [-0.1, -0.05) is 36.4 Å². The SMILES string of the molecule is Cl.O=C(OCC1CCNCC1)c1cccc2ccccc12. The van der Waals surface area contributed by atoms with Crippen molar-refractivity contribution in [1.29, 1.82) is 0 Å². The average Bonchev–Trinajstić information content (AvgIpc) is 2.53. The van der Waals surface area contributed by atoms with Gasteiger partial charge < -0.3 is 10.1 Å². The normalized spacial score (nSPS) is 15.4. The summed E-state index contributed by atoms with van der Waals surface area (Å²) >= 11 is 0. The van der Waals surface area contributed by atoms with Crippen LogP contribution in [0.15, 0.2) is 42.5 Å². The van der Waals surface area contributed by atoms with Crippen LogP contribution in [0.1, 0.15) is 23.2 Å². The number of carbonyl (C=O) groups is 1. The number of hydrogen-bond donors (Lipinski definition) is 1. The molecule has 1 N–H and O–H groups in total. The van der Waals surface area contributed by atoms with Crippen molar-refractivity contribution >= 4 is 29.1 Å². The molecule has 3 rings (SSSR count). The summed E-state index contributed by atoms with van der Waals surface area (Å²) < 4.78 is 5.51. The van der Waals surface area contributed by atoms with E-state index in [9.17, 15) is 4.79 Å². The lowest BCUT2D eigenvalue weighted by Crippen LogP contribution is -2.30. The van der Waals surface area contributed by atoms with Crippen molar-refractivity contribution in [3.8, 4) is 0 Å². The van der Waals surface area contributed by atoms with E-state index >= 15 is 0 Å². The van der Waals surface area contributed by atoms with Gasteiger partial charge in [0.2, 0.25) is 0 Å². The van der Waals surface area contributed by atoms with E-state index < -0.39 is 0 Å². The maximum atomic E-state index is 12.3. The first-order valence-electron chi connectivity index (χ1n) is 7.20. The predicted octanol–water partition coefficient (Wildman–Crippen LogP) is 3.42. The molecule has 21 heavy (non-hydrogen) atoms. The van der Waals surface area contributed by atoms with E-state index in [1.54, 1.807) is 0 Å². The largest absolute Gasteiger partial charge is 0.462 e. The molecule has 0 aliphatic carbocycles. The molecule has 2 aromatic rings. The van der Waals surface area contributed by atoms with E-state index in [4.69, 9.17) is 4.74 Å². The molecular formula is C17H20ClNO2. The fourth-order valence-corrected chi connectivity index (χ4v) is 2.72. The number of piperidine rings is 1. The first-order chi connectivity index (χ1) is 9.84. The predicted molar refractivity (Wildman–Crippen MR) is 87.1 cm³/mol. The molecule has 0 amide bonds. The molecule has 0 bridgehead atoms. The van der Waals surface area contributed by atoms with Crippen LogP contribution in [0.2, 0.25) is 0 Å². The Labute approximate surface area is 131 Å². The van der Waals surface area contributed by atoms with Gasteiger partial charge in [0, 0.05) is 0 Å². The Morgan fingerprint density at radius 3 is 2.62 bits per heavy atom. The standard InChI is InChI=1S/C17H19NO2.ClH/c19-17(20-12-13-8-10-18-11-9-13)16-7-3-5-14-4-1-2-6-15(14)16;/h1-7,13,18H,8-12H2;1H. The van der Waals surface area contributed by atoms with Gasteiger partial charge in [0.15, 0.2) is 0 Å². The van der Waals surface area contributed by atoms with Crippen LogP contribution < -0.4 is 5.32 Å². The van der Waals surface area contributed by atoms with Crippen LogP contribution in [0.3, 0.4) is 0 Å². The topological polar surface area (TPSA) is 38.3 Å². The Morgan fingerprint density at radius 1 is 1.10 bits per heavy atom. The van der Waals surface area contributed by atoms with Crippen LogP contribution in [-0.4, -0.2) is 25.7 Å². The summed E-state index contributed by atoms with van der Waals surface area (Å²) in [6.45, 7) is 2.58. The molecule has 1 aliphatic heterocycles. The summed E-state index contributed by atoms with van der Waals surface area (Å²) in [7, 11) is 0. The highest BCUT2D eigenvalue weighted by Gasteiger charge is 2.17. The molecular weight excluding hydrogens is 286 g/mol. The van der Waals surface area contributed by atoms with Gasteiger partial charge >= 0.3 is 5.97 Å². The number of halogens is 1. The number of fused-ring (bicyclic) bond motifs is 1. The Bertz CT molecular complexity index is 603. The second-order valence-corrected chi connectivity index (χ2v) is 5.32. The zero-order chi connectivity index (χ0) is 13.8. The van der Waals surface area contributed by atoms with E-state index in [-0.39, 0.29) is 18.4 Å². The number of esters is 1. The molecule has 0 saturated carbocycles. The fraction of sp³-hybridized carbons (Fsp3) is 0.353. The second kappa shape index (κ2) is 7.43. The second-order valence-electron chi connectivity index (χ2n) is 5.32. The number of benzene rings is 2. The molecule has 2 aromatic carbocycles. The monoisotopic (exact) mass is 305 g/mol. The molecule has 0 atom stereocenters. The van der Waals surface area contributed by atoms with Gasteiger partial charge in [0.05, 0.1) is 12.2 Å². The molecule has 0 unspecified atom stereocenters. The molecule has 1 fully saturated rings. The van der Waals surface area contributed by atoms with Crippen molar-refractivity contribution in [1.82, 2.24) is 5.32 Å². The Hall–Kier alpha value is -1.58. The van der Waals surface area contributed by atoms with Gasteiger partial charge in [0.1, 0.15) is 0 Å². The maximum Gasteiger partial charge on any atom is 0.338 e. The van der Waals surface area contributed by atoms with Crippen LogP contribution >= 0.6 is 12.4 Å². The molecule has 112 valence electrons. The summed E-state index contributed by atoms with van der Waals surface area (Å²) in [4.78, 5) is 12.3. The maximum absolute atomic E-state index is 12.3. The van der Waals surface area contributed by atoms with Crippen molar-refractivity contribution in [3.63, 3.8) is 0 Å². The molecule has 0 spiro atoms. The number of hydrogen-bond acceptors (Lipinski definition) is 3. The molecule has 4 heteroatoms. The lowest BCUT2D eigenvalue weighted by molar-refractivity contribution is 0.0418. The summed E-state index contributed by atoms with van der Waals surface area (Å²) in [5.74, 6) is 0.288. The van der Waals surface area contributed by atoms with Crippen LogP contribution in [0.4, 0.5) is 0 Å². The minimum absolute atomic E-state index is 0. The van der Waals surface area contributed by atoms with E-state index in [1.165, 1.54) is 0 Å². The average molecular weight is 306 g/mol. The minimum atomic E-state index is -0.208. The van der Waals surface area contributed by atoms with Gasteiger partial charge in [-0.2, -0.15) is 0 Å². The zero-order valence-corrected chi connectivity index (χ0v) is 12.7. The molecule has 3 nitrogen and oxygen atoms in total. The first-order valence-corrected chi connectivity index (χ1v) is 7.20. The Morgan fingerprint density at radius 2 is 1.81 bits per heavy atom. The van der Waals surface area contributed by atoms with Crippen LogP contribution in [0.25, 0.3) is 10.8 Å². The van der Waals surface area contributed by atoms with Crippen LogP contribution in [0.5, 0.6) is 0 Å². The highest BCUT2D eigenvalue weighted by atomic mass is 35.5. The van der Waals surface area contributed by atoms with Gasteiger partial charge in [-0.15, -0.1) is 12.4 Å². The summed E-state index contributed by atoms with van der Waals surface area (Å²) in [5.41, 5.74) is 0.664. The summed E-state index contributed by atoms with van der Waals surface area (Å²) in [6.07, 6.45) is 2.17. The van der Waals surface area contributed by atoms with Crippen LogP contribution in [-0.2, 0) is 4.74 Å². The number of carbonyl (C=O) groups excluding carboxylic acids is 1. The molecule has 1 saturated heterocycles. The minimum Gasteiger partial charge on any atom is -0.462 e. The third kappa shape index (κ3) is 3.74. The van der Waals surface area contributed by atoms with Crippen LogP contribution in [0, 0.1) is 5.92 Å². The zero-order valence-electron chi connectivity index (χ0n) is 11.9. The Balaban J connectivity index is 0.00000161. The lowest BCUT2D eigenvalue weighted by atomic mass is 9.99. The third-order valence-corrected chi connectivity index (χ3v) is 3.92. The van der Waals surface area contributed by atoms with Gasteiger partial charge in [0.25, 0.3) is 0 Å². The molecule has 0 aromatic heterocycles.